The Labute approximate surface area is 212 Å². The monoisotopic (exact) mass is 568 g/mol. The Hall–Kier alpha value is -2.40. The summed E-state index contributed by atoms with van der Waals surface area (Å²) in [5.41, 5.74) is 0.940. The highest BCUT2D eigenvalue weighted by atomic mass is 79.9. The van der Waals surface area contributed by atoms with Crippen LogP contribution >= 0.6 is 39.3 Å². The molecule has 0 aromatic heterocycles. The Balaban J connectivity index is 1.46. The number of carbonyl (C=O) groups excluding carboxylic acids is 3. The predicted octanol–water partition coefficient (Wildman–Crippen LogP) is 4.72. The van der Waals surface area contributed by atoms with Gasteiger partial charge in [0.15, 0.2) is 5.75 Å². The van der Waals surface area contributed by atoms with Gasteiger partial charge in [-0.2, -0.15) is 0 Å². The summed E-state index contributed by atoms with van der Waals surface area (Å²) >= 11 is 10.5. The highest BCUT2D eigenvalue weighted by Crippen LogP contribution is 2.38. The Morgan fingerprint density at radius 1 is 1.24 bits per heavy atom. The Bertz CT molecular complexity index is 1150. The van der Waals surface area contributed by atoms with Crippen molar-refractivity contribution in [3.63, 3.8) is 0 Å². The molecule has 2 saturated heterocycles. The van der Waals surface area contributed by atoms with E-state index in [2.05, 4.69) is 15.9 Å². The second kappa shape index (κ2) is 10.9. The molecule has 2 aromatic rings. The molecule has 0 unspecified atom stereocenters. The molecule has 2 aliphatic rings. The lowest BCUT2D eigenvalue weighted by molar-refractivity contribution is -0.139. The number of amides is 3. The highest BCUT2D eigenvalue weighted by molar-refractivity contribution is 9.10. The first-order valence-electron chi connectivity index (χ1n) is 10.3. The molecule has 0 N–H and O–H groups in total. The molecule has 7 nitrogen and oxygen atoms in total. The van der Waals surface area contributed by atoms with Gasteiger partial charge in [-0.1, -0.05) is 29.8 Å². The van der Waals surface area contributed by atoms with Crippen LogP contribution < -0.4 is 4.74 Å². The Morgan fingerprint density at radius 2 is 1.97 bits per heavy atom. The topological polar surface area (TPSA) is 76.2 Å². The normalized spacial score (nSPS) is 17.6. The van der Waals surface area contributed by atoms with Gasteiger partial charge in [-0.25, -0.2) is 4.39 Å². The molecule has 0 aliphatic carbocycles. The molecule has 3 amide bonds. The first-order chi connectivity index (χ1) is 16.3. The van der Waals surface area contributed by atoms with Gasteiger partial charge in [0.05, 0.1) is 27.6 Å². The molecular formula is C23H19BrClFN2O5S. The van der Waals surface area contributed by atoms with Crippen molar-refractivity contribution in [1.82, 2.24) is 9.80 Å². The van der Waals surface area contributed by atoms with Crippen molar-refractivity contribution in [3.8, 4) is 5.75 Å². The van der Waals surface area contributed by atoms with E-state index in [0.717, 1.165) is 16.7 Å². The molecule has 34 heavy (non-hydrogen) atoms. The maximum absolute atomic E-state index is 13.8. The maximum Gasteiger partial charge on any atom is 0.294 e. The summed E-state index contributed by atoms with van der Waals surface area (Å²) in [4.78, 5) is 40.3. The van der Waals surface area contributed by atoms with E-state index in [0.29, 0.717) is 47.7 Å². The zero-order valence-electron chi connectivity index (χ0n) is 17.8. The zero-order chi connectivity index (χ0) is 24.2. The SMILES string of the molecule is O=C(CN1C(=O)S/C(=C/c2cc(Cl)c(OCc3ccccc3F)c(Br)c2)C1=O)N1CCOCC1. The van der Waals surface area contributed by atoms with Crippen LogP contribution in [0.5, 0.6) is 5.75 Å². The van der Waals surface area contributed by atoms with Crippen LogP contribution in [0.25, 0.3) is 6.08 Å². The summed E-state index contributed by atoms with van der Waals surface area (Å²) in [6.45, 7) is 1.41. The second-order valence-corrected chi connectivity index (χ2v) is 9.71. The lowest BCUT2D eigenvalue weighted by Crippen LogP contribution is -2.46. The van der Waals surface area contributed by atoms with Crippen LogP contribution in [0, 0.1) is 5.82 Å². The van der Waals surface area contributed by atoms with E-state index < -0.39 is 11.1 Å². The summed E-state index contributed by atoms with van der Waals surface area (Å²) < 4.78 is 25.3. The quantitative estimate of drug-likeness (QED) is 0.469. The number of rotatable bonds is 6. The van der Waals surface area contributed by atoms with Crippen molar-refractivity contribution in [2.75, 3.05) is 32.8 Å². The molecule has 0 bridgehead atoms. The summed E-state index contributed by atoms with van der Waals surface area (Å²) in [5, 5.41) is -0.258. The fraction of sp³-hybridized carbons (Fsp3) is 0.261. The molecule has 0 atom stereocenters. The van der Waals surface area contributed by atoms with E-state index in [1.807, 2.05) is 0 Å². The Kier molecular flexibility index (Phi) is 7.92. The van der Waals surface area contributed by atoms with Gasteiger partial charge in [-0.15, -0.1) is 0 Å². The van der Waals surface area contributed by atoms with Crippen molar-refractivity contribution in [2.45, 2.75) is 6.61 Å². The average molecular weight is 570 g/mol. The standard InChI is InChI=1S/C23H19BrClFN2O5S/c24-16-9-14(10-17(25)21(16)33-13-15-3-1-2-4-18(15)26)11-19-22(30)28(23(31)34-19)12-20(29)27-5-7-32-8-6-27/h1-4,9-11H,5-8,12-13H2/b19-11+. The third kappa shape index (κ3) is 5.63. The molecule has 2 aromatic carbocycles. The van der Waals surface area contributed by atoms with E-state index in [4.69, 9.17) is 21.1 Å². The number of morpholine rings is 1. The van der Waals surface area contributed by atoms with E-state index in [1.165, 1.54) is 12.1 Å². The number of carbonyl (C=O) groups is 3. The zero-order valence-corrected chi connectivity index (χ0v) is 20.9. The number of ether oxygens (including phenoxy) is 2. The molecule has 0 radical (unpaired) electrons. The van der Waals surface area contributed by atoms with Crippen molar-refractivity contribution in [1.29, 1.82) is 0 Å². The number of halogens is 3. The van der Waals surface area contributed by atoms with Crippen LogP contribution in [0.2, 0.25) is 5.02 Å². The summed E-state index contributed by atoms with van der Waals surface area (Å²) in [6.07, 6.45) is 1.53. The van der Waals surface area contributed by atoms with E-state index in [-0.39, 0.29) is 34.8 Å². The molecule has 2 heterocycles. The van der Waals surface area contributed by atoms with Gasteiger partial charge in [0.25, 0.3) is 11.1 Å². The van der Waals surface area contributed by atoms with Gasteiger partial charge in [0.1, 0.15) is 19.0 Å². The smallest absolute Gasteiger partial charge is 0.294 e. The van der Waals surface area contributed by atoms with Crippen molar-refractivity contribution >= 4 is 62.4 Å². The highest BCUT2D eigenvalue weighted by Gasteiger charge is 2.37. The number of hydrogen-bond acceptors (Lipinski definition) is 6. The van der Waals surface area contributed by atoms with E-state index in [1.54, 1.807) is 35.2 Å². The van der Waals surface area contributed by atoms with Crippen LogP contribution in [-0.4, -0.2) is 59.7 Å². The molecular weight excluding hydrogens is 551 g/mol. The lowest BCUT2D eigenvalue weighted by Gasteiger charge is -2.28. The fourth-order valence-corrected chi connectivity index (χ4v) is 5.23. The van der Waals surface area contributed by atoms with Crippen molar-refractivity contribution in [3.05, 3.63) is 67.7 Å². The van der Waals surface area contributed by atoms with Crippen molar-refractivity contribution in [2.24, 2.45) is 0 Å². The minimum Gasteiger partial charge on any atom is -0.486 e. The summed E-state index contributed by atoms with van der Waals surface area (Å²) in [5.74, 6) is -0.891. The van der Waals surface area contributed by atoms with E-state index in [9.17, 15) is 18.8 Å². The molecule has 4 rings (SSSR count). The number of nitrogens with zero attached hydrogens (tertiary/aromatic N) is 2. The van der Waals surface area contributed by atoms with Crippen LogP contribution in [0.4, 0.5) is 9.18 Å². The third-order valence-corrected chi connectivity index (χ3v) is 6.96. The summed E-state index contributed by atoms with van der Waals surface area (Å²) in [7, 11) is 0. The van der Waals surface area contributed by atoms with Crippen LogP contribution in [0.15, 0.2) is 45.8 Å². The van der Waals surface area contributed by atoms with Gasteiger partial charge >= 0.3 is 0 Å². The molecule has 0 spiro atoms. The van der Waals surface area contributed by atoms with Gasteiger partial charge in [0, 0.05) is 18.7 Å². The molecule has 11 heteroatoms. The number of thioether (sulfide) groups is 1. The largest absolute Gasteiger partial charge is 0.486 e. The minimum absolute atomic E-state index is 0.0135. The van der Waals surface area contributed by atoms with Gasteiger partial charge in [0.2, 0.25) is 5.91 Å². The average Bonchev–Trinajstić information content (AvgIpc) is 3.07. The Morgan fingerprint density at radius 3 is 2.68 bits per heavy atom. The third-order valence-electron chi connectivity index (χ3n) is 5.18. The molecule has 2 fully saturated rings. The minimum atomic E-state index is -0.538. The predicted molar refractivity (Wildman–Crippen MR) is 130 cm³/mol. The van der Waals surface area contributed by atoms with Crippen LogP contribution in [0.1, 0.15) is 11.1 Å². The van der Waals surface area contributed by atoms with Crippen LogP contribution in [0.3, 0.4) is 0 Å². The molecule has 178 valence electrons. The van der Waals surface area contributed by atoms with Gasteiger partial charge in [-0.3, -0.25) is 19.3 Å². The number of imide groups is 1. The summed E-state index contributed by atoms with van der Waals surface area (Å²) in [6, 6.07) is 9.52. The van der Waals surface area contributed by atoms with Crippen molar-refractivity contribution < 1.29 is 28.2 Å². The van der Waals surface area contributed by atoms with Gasteiger partial charge in [-0.05, 0) is 57.5 Å². The number of benzene rings is 2. The molecule has 2 aliphatic heterocycles. The van der Waals surface area contributed by atoms with E-state index >= 15 is 0 Å². The first-order valence-corrected chi connectivity index (χ1v) is 12.3. The molecule has 0 saturated carbocycles. The number of hydrogen-bond donors (Lipinski definition) is 0. The van der Waals surface area contributed by atoms with Crippen LogP contribution in [-0.2, 0) is 20.9 Å². The first kappa shape index (κ1) is 24.7. The fourth-order valence-electron chi connectivity index (χ4n) is 3.40. The maximum atomic E-state index is 13.8. The lowest BCUT2D eigenvalue weighted by atomic mass is 10.2. The second-order valence-electron chi connectivity index (χ2n) is 7.45. The van der Waals surface area contributed by atoms with Gasteiger partial charge < -0.3 is 14.4 Å².